The molecule has 0 aliphatic rings. The number of nitrogens with zero attached hydrogens (tertiary/aromatic N) is 3. The molecule has 0 spiro atoms. The topological polar surface area (TPSA) is 53.1 Å². The number of anilines is 2. The van der Waals surface area contributed by atoms with Gasteiger partial charge in [0.15, 0.2) is 0 Å². The van der Waals surface area contributed by atoms with Crippen molar-refractivity contribution in [3.05, 3.63) is 11.9 Å². The van der Waals surface area contributed by atoms with Crippen molar-refractivity contribution in [2.75, 3.05) is 43.4 Å². The summed E-state index contributed by atoms with van der Waals surface area (Å²) in [4.78, 5) is 11.4. The van der Waals surface area contributed by atoms with E-state index in [-0.39, 0.29) is 0 Å². The van der Waals surface area contributed by atoms with E-state index in [0.29, 0.717) is 0 Å². The molecule has 0 saturated carbocycles. The van der Waals surface area contributed by atoms with Crippen LogP contribution in [0.3, 0.4) is 0 Å². The van der Waals surface area contributed by atoms with Crippen LogP contribution in [0.5, 0.6) is 0 Å². The van der Waals surface area contributed by atoms with Gasteiger partial charge < -0.3 is 15.5 Å². The Bertz CT molecular complexity index is 377. The number of nitrogens with one attached hydrogen (secondary N) is 2. The number of hydrogen-bond acceptors (Lipinski definition) is 5. The van der Waals surface area contributed by atoms with Gasteiger partial charge in [-0.05, 0) is 33.0 Å². The maximum absolute atomic E-state index is 4.52. The van der Waals surface area contributed by atoms with Crippen molar-refractivity contribution >= 4 is 11.6 Å². The molecule has 5 heteroatoms. The average molecular weight is 279 g/mol. The molecule has 0 aliphatic carbocycles. The number of hydrogen-bond donors (Lipinski definition) is 2. The number of rotatable bonds is 10. The Kier molecular flexibility index (Phi) is 7.95. The van der Waals surface area contributed by atoms with Crippen LogP contribution in [0.15, 0.2) is 6.07 Å². The molecule has 0 unspecified atom stereocenters. The minimum atomic E-state index is 0.855. The van der Waals surface area contributed by atoms with Gasteiger partial charge in [-0.3, -0.25) is 0 Å². The molecule has 0 aromatic carbocycles. The van der Waals surface area contributed by atoms with Crippen LogP contribution in [0, 0.1) is 0 Å². The maximum atomic E-state index is 4.52. The molecule has 1 heterocycles. The SMILES string of the molecule is CCNc1cc(NCCCN(CC)CC)nc(CC)n1. The van der Waals surface area contributed by atoms with Crippen molar-refractivity contribution in [3.8, 4) is 0 Å². The molecule has 1 rings (SSSR count). The highest BCUT2D eigenvalue weighted by molar-refractivity contribution is 5.47. The Morgan fingerprint density at radius 3 is 2.20 bits per heavy atom. The van der Waals surface area contributed by atoms with Crippen LogP contribution in [0.2, 0.25) is 0 Å². The lowest BCUT2D eigenvalue weighted by Gasteiger charge is -2.18. The number of aryl methyl sites for hydroxylation is 1. The first-order chi connectivity index (χ1) is 9.73. The van der Waals surface area contributed by atoms with Crippen molar-refractivity contribution in [1.82, 2.24) is 14.9 Å². The summed E-state index contributed by atoms with van der Waals surface area (Å²) in [5.74, 6) is 2.72. The zero-order valence-corrected chi connectivity index (χ0v) is 13.4. The highest BCUT2D eigenvalue weighted by Crippen LogP contribution is 2.11. The van der Waals surface area contributed by atoms with E-state index in [2.05, 4.69) is 53.2 Å². The first-order valence-electron chi connectivity index (χ1n) is 7.81. The summed E-state index contributed by atoms with van der Waals surface area (Å²) >= 11 is 0. The Hall–Kier alpha value is -1.36. The summed E-state index contributed by atoms with van der Waals surface area (Å²) in [6, 6.07) is 1.99. The van der Waals surface area contributed by atoms with Crippen LogP contribution in [0.1, 0.15) is 39.9 Å². The molecule has 0 amide bonds. The first-order valence-corrected chi connectivity index (χ1v) is 7.81. The van der Waals surface area contributed by atoms with Crippen LogP contribution in [-0.2, 0) is 6.42 Å². The maximum Gasteiger partial charge on any atom is 0.132 e. The van der Waals surface area contributed by atoms with Crippen molar-refractivity contribution in [2.45, 2.75) is 40.5 Å². The fraction of sp³-hybridized carbons (Fsp3) is 0.733. The van der Waals surface area contributed by atoms with E-state index in [4.69, 9.17) is 0 Å². The van der Waals surface area contributed by atoms with E-state index in [1.54, 1.807) is 0 Å². The second-order valence-electron chi connectivity index (χ2n) is 4.75. The molecule has 20 heavy (non-hydrogen) atoms. The monoisotopic (exact) mass is 279 g/mol. The molecular weight excluding hydrogens is 250 g/mol. The Morgan fingerprint density at radius 2 is 1.65 bits per heavy atom. The van der Waals surface area contributed by atoms with Crippen LogP contribution in [0.4, 0.5) is 11.6 Å². The van der Waals surface area contributed by atoms with Gasteiger partial charge in [0.25, 0.3) is 0 Å². The molecule has 0 radical (unpaired) electrons. The molecule has 5 nitrogen and oxygen atoms in total. The predicted octanol–water partition coefficient (Wildman–Crippen LogP) is 2.61. The smallest absolute Gasteiger partial charge is 0.132 e. The molecule has 0 aliphatic heterocycles. The van der Waals surface area contributed by atoms with Gasteiger partial charge in [-0.1, -0.05) is 20.8 Å². The van der Waals surface area contributed by atoms with E-state index in [1.165, 1.54) is 0 Å². The lowest BCUT2D eigenvalue weighted by molar-refractivity contribution is 0.303. The molecule has 1 aromatic heterocycles. The Labute approximate surface area is 123 Å². The molecule has 0 fully saturated rings. The lowest BCUT2D eigenvalue weighted by atomic mass is 10.3. The highest BCUT2D eigenvalue weighted by atomic mass is 15.1. The lowest BCUT2D eigenvalue weighted by Crippen LogP contribution is -2.25. The summed E-state index contributed by atoms with van der Waals surface area (Å²) in [6.07, 6.45) is 1.98. The fourth-order valence-corrected chi connectivity index (χ4v) is 2.08. The van der Waals surface area contributed by atoms with Gasteiger partial charge in [-0.15, -0.1) is 0 Å². The van der Waals surface area contributed by atoms with Crippen LogP contribution >= 0.6 is 0 Å². The standard InChI is InChI=1S/C15H29N5/c1-5-13-18-14(16-6-2)12-15(19-13)17-10-9-11-20(7-3)8-4/h12H,5-11H2,1-4H3,(H2,16,17,18,19). The molecule has 0 atom stereocenters. The van der Waals surface area contributed by atoms with E-state index >= 15 is 0 Å². The highest BCUT2D eigenvalue weighted by Gasteiger charge is 2.03. The van der Waals surface area contributed by atoms with Crippen molar-refractivity contribution in [3.63, 3.8) is 0 Å². The zero-order valence-electron chi connectivity index (χ0n) is 13.4. The first kappa shape index (κ1) is 16.7. The predicted molar refractivity (Wildman–Crippen MR) is 86.5 cm³/mol. The average Bonchev–Trinajstić information content (AvgIpc) is 2.47. The normalized spacial score (nSPS) is 10.8. The van der Waals surface area contributed by atoms with Crippen molar-refractivity contribution in [2.24, 2.45) is 0 Å². The van der Waals surface area contributed by atoms with Gasteiger partial charge in [0.05, 0.1) is 0 Å². The van der Waals surface area contributed by atoms with Crippen LogP contribution < -0.4 is 10.6 Å². The quantitative estimate of drug-likeness (QED) is 0.645. The summed E-state index contributed by atoms with van der Waals surface area (Å²) in [5, 5.41) is 6.65. The molecule has 0 saturated heterocycles. The molecule has 114 valence electrons. The van der Waals surface area contributed by atoms with Gasteiger partial charge in [-0.25, -0.2) is 9.97 Å². The number of aromatic nitrogens is 2. The van der Waals surface area contributed by atoms with Gasteiger partial charge in [0, 0.05) is 25.6 Å². The Morgan fingerprint density at radius 1 is 1.00 bits per heavy atom. The minimum Gasteiger partial charge on any atom is -0.370 e. The molecule has 2 N–H and O–H groups in total. The van der Waals surface area contributed by atoms with Crippen LogP contribution in [0.25, 0.3) is 0 Å². The molecule has 0 bridgehead atoms. The third kappa shape index (κ3) is 5.74. The van der Waals surface area contributed by atoms with Gasteiger partial charge in [0.2, 0.25) is 0 Å². The Balaban J connectivity index is 2.48. The van der Waals surface area contributed by atoms with E-state index in [1.807, 2.05) is 6.07 Å². The third-order valence-electron chi connectivity index (χ3n) is 3.30. The minimum absolute atomic E-state index is 0.855. The third-order valence-corrected chi connectivity index (χ3v) is 3.30. The van der Waals surface area contributed by atoms with E-state index in [9.17, 15) is 0 Å². The largest absolute Gasteiger partial charge is 0.370 e. The summed E-state index contributed by atoms with van der Waals surface area (Å²) in [6.45, 7) is 13.8. The van der Waals surface area contributed by atoms with E-state index < -0.39 is 0 Å². The summed E-state index contributed by atoms with van der Waals surface area (Å²) in [5.41, 5.74) is 0. The molecule has 1 aromatic rings. The van der Waals surface area contributed by atoms with Gasteiger partial charge in [0.1, 0.15) is 17.5 Å². The van der Waals surface area contributed by atoms with Crippen molar-refractivity contribution < 1.29 is 0 Å². The van der Waals surface area contributed by atoms with Crippen LogP contribution in [-0.4, -0.2) is 47.6 Å². The fourth-order valence-electron chi connectivity index (χ4n) is 2.08. The van der Waals surface area contributed by atoms with Crippen molar-refractivity contribution in [1.29, 1.82) is 0 Å². The summed E-state index contributed by atoms with van der Waals surface area (Å²) < 4.78 is 0. The molecular formula is C15H29N5. The summed E-state index contributed by atoms with van der Waals surface area (Å²) in [7, 11) is 0. The second kappa shape index (κ2) is 9.53. The van der Waals surface area contributed by atoms with Gasteiger partial charge >= 0.3 is 0 Å². The van der Waals surface area contributed by atoms with Gasteiger partial charge in [-0.2, -0.15) is 0 Å². The zero-order chi connectivity index (χ0) is 14.8. The second-order valence-corrected chi connectivity index (χ2v) is 4.75. The van der Waals surface area contributed by atoms with E-state index in [0.717, 1.165) is 63.0 Å².